The first kappa shape index (κ1) is 16.3. The molecule has 0 aliphatic heterocycles. The minimum atomic E-state index is -0.926. The summed E-state index contributed by atoms with van der Waals surface area (Å²) >= 11 is 0. The van der Waals surface area contributed by atoms with Crippen LogP contribution in [0.15, 0.2) is 29.4 Å². The van der Waals surface area contributed by atoms with Crippen LogP contribution in [0.2, 0.25) is 0 Å². The van der Waals surface area contributed by atoms with Crippen molar-refractivity contribution in [3.8, 4) is 0 Å². The van der Waals surface area contributed by atoms with E-state index in [-0.39, 0.29) is 17.3 Å². The van der Waals surface area contributed by atoms with Gasteiger partial charge in [0.1, 0.15) is 0 Å². The fourth-order valence-electron chi connectivity index (χ4n) is 1.37. The fourth-order valence-corrected chi connectivity index (χ4v) is 1.37. The zero-order chi connectivity index (χ0) is 15.8. The number of nitrogens with zero attached hydrogens (tertiary/aromatic N) is 2. The lowest BCUT2D eigenvalue weighted by molar-refractivity contribution is -0.385. The van der Waals surface area contributed by atoms with Crippen LogP contribution >= 0.6 is 0 Å². The zero-order valence-corrected chi connectivity index (χ0v) is 11.7. The summed E-state index contributed by atoms with van der Waals surface area (Å²) in [5.74, 6) is -1.73. The van der Waals surface area contributed by atoms with E-state index in [1.165, 1.54) is 18.2 Å². The van der Waals surface area contributed by atoms with Gasteiger partial charge in [-0.15, -0.1) is 0 Å². The van der Waals surface area contributed by atoms with Crippen LogP contribution in [0, 0.1) is 10.1 Å². The van der Waals surface area contributed by atoms with Crippen molar-refractivity contribution in [1.29, 1.82) is 0 Å². The molecule has 0 saturated heterocycles. The maximum Gasteiger partial charge on any atom is 0.329 e. The van der Waals surface area contributed by atoms with Crippen LogP contribution in [0.5, 0.6) is 0 Å². The van der Waals surface area contributed by atoms with Crippen molar-refractivity contribution >= 4 is 23.7 Å². The van der Waals surface area contributed by atoms with Gasteiger partial charge < -0.3 is 5.32 Å². The van der Waals surface area contributed by atoms with Crippen molar-refractivity contribution in [1.82, 2.24) is 10.7 Å². The molecule has 0 bridgehead atoms. The van der Waals surface area contributed by atoms with Crippen LogP contribution in [-0.4, -0.2) is 29.0 Å². The summed E-state index contributed by atoms with van der Waals surface area (Å²) in [6.07, 6.45) is 1.81. The molecular weight excluding hydrogens is 276 g/mol. The first-order chi connectivity index (χ1) is 9.95. The second-order valence-corrected chi connectivity index (χ2v) is 4.30. The number of hydrazone groups is 1. The average molecular weight is 292 g/mol. The Kier molecular flexibility index (Phi) is 5.99. The van der Waals surface area contributed by atoms with Gasteiger partial charge in [-0.1, -0.05) is 19.1 Å². The molecule has 0 heterocycles. The Balaban J connectivity index is 2.65. The quantitative estimate of drug-likeness (QED) is 0.364. The van der Waals surface area contributed by atoms with Crippen molar-refractivity contribution < 1.29 is 14.5 Å². The predicted molar refractivity (Wildman–Crippen MR) is 76.7 cm³/mol. The Labute approximate surface area is 121 Å². The number of nitro benzene ring substituents is 1. The van der Waals surface area contributed by atoms with E-state index < -0.39 is 16.7 Å². The van der Waals surface area contributed by atoms with E-state index in [0.29, 0.717) is 6.42 Å². The van der Waals surface area contributed by atoms with Crippen molar-refractivity contribution in [2.75, 3.05) is 0 Å². The van der Waals surface area contributed by atoms with Crippen LogP contribution in [0.1, 0.15) is 25.8 Å². The smallest absolute Gasteiger partial charge is 0.329 e. The lowest BCUT2D eigenvalue weighted by Gasteiger charge is -2.09. The Morgan fingerprint density at radius 2 is 2.05 bits per heavy atom. The molecule has 2 amide bonds. The number of carbonyl (C=O) groups is 2. The van der Waals surface area contributed by atoms with Crippen LogP contribution in [0.4, 0.5) is 5.69 Å². The zero-order valence-electron chi connectivity index (χ0n) is 11.7. The number of hydrogen-bond acceptors (Lipinski definition) is 5. The van der Waals surface area contributed by atoms with E-state index in [1.54, 1.807) is 13.0 Å². The molecule has 0 aliphatic carbocycles. The summed E-state index contributed by atoms with van der Waals surface area (Å²) < 4.78 is 0. The SMILES string of the molecule is CC[C@@H](C)NC(=O)C(=O)N/N=C\c1ccccc1[N+](=O)[O-]. The molecule has 0 unspecified atom stereocenters. The molecule has 21 heavy (non-hydrogen) atoms. The number of carbonyl (C=O) groups excluding carboxylic acids is 2. The van der Waals surface area contributed by atoms with Crippen molar-refractivity contribution in [3.63, 3.8) is 0 Å². The number of hydrogen-bond donors (Lipinski definition) is 2. The predicted octanol–water partition coefficient (Wildman–Crippen LogP) is 0.960. The maximum atomic E-state index is 11.4. The van der Waals surface area contributed by atoms with Gasteiger partial charge in [0, 0.05) is 12.1 Å². The third-order valence-electron chi connectivity index (χ3n) is 2.70. The van der Waals surface area contributed by atoms with Gasteiger partial charge in [0.2, 0.25) is 0 Å². The molecule has 0 fully saturated rings. The molecule has 1 aromatic carbocycles. The Morgan fingerprint density at radius 1 is 1.38 bits per heavy atom. The number of amides is 2. The van der Waals surface area contributed by atoms with Crippen LogP contribution in [0.3, 0.4) is 0 Å². The molecular formula is C13H16N4O4. The maximum absolute atomic E-state index is 11.4. The highest BCUT2D eigenvalue weighted by Gasteiger charge is 2.15. The lowest BCUT2D eigenvalue weighted by atomic mass is 10.2. The normalized spacial score (nSPS) is 11.9. The molecule has 0 spiro atoms. The first-order valence-electron chi connectivity index (χ1n) is 6.33. The summed E-state index contributed by atoms with van der Waals surface area (Å²) in [6.45, 7) is 3.64. The summed E-state index contributed by atoms with van der Waals surface area (Å²) in [7, 11) is 0. The Bertz CT molecular complexity index is 571. The molecule has 8 nitrogen and oxygen atoms in total. The number of benzene rings is 1. The molecule has 1 aromatic rings. The Hall–Kier alpha value is -2.77. The fraction of sp³-hybridized carbons (Fsp3) is 0.308. The van der Waals surface area contributed by atoms with Gasteiger partial charge in [-0.3, -0.25) is 19.7 Å². The third-order valence-corrected chi connectivity index (χ3v) is 2.70. The van der Waals surface area contributed by atoms with Gasteiger partial charge in [-0.05, 0) is 19.4 Å². The van der Waals surface area contributed by atoms with Crippen molar-refractivity contribution in [2.45, 2.75) is 26.3 Å². The number of nitrogens with one attached hydrogen (secondary N) is 2. The van der Waals surface area contributed by atoms with E-state index in [0.717, 1.165) is 6.21 Å². The van der Waals surface area contributed by atoms with E-state index in [1.807, 2.05) is 12.3 Å². The van der Waals surface area contributed by atoms with Gasteiger partial charge in [-0.2, -0.15) is 5.10 Å². The molecule has 0 aromatic heterocycles. The highest BCUT2D eigenvalue weighted by molar-refractivity contribution is 6.35. The Morgan fingerprint density at radius 3 is 2.67 bits per heavy atom. The third kappa shape index (κ3) is 5.01. The van der Waals surface area contributed by atoms with Crippen LogP contribution in [-0.2, 0) is 9.59 Å². The van der Waals surface area contributed by atoms with Gasteiger partial charge in [0.05, 0.1) is 16.7 Å². The van der Waals surface area contributed by atoms with Crippen molar-refractivity contribution in [2.24, 2.45) is 5.10 Å². The molecule has 1 atom stereocenters. The van der Waals surface area contributed by atoms with Gasteiger partial charge in [0.25, 0.3) is 5.69 Å². The lowest BCUT2D eigenvalue weighted by Crippen LogP contribution is -2.41. The highest BCUT2D eigenvalue weighted by atomic mass is 16.6. The van der Waals surface area contributed by atoms with E-state index in [2.05, 4.69) is 10.4 Å². The molecule has 0 radical (unpaired) electrons. The van der Waals surface area contributed by atoms with Gasteiger partial charge in [0.15, 0.2) is 0 Å². The van der Waals surface area contributed by atoms with Crippen LogP contribution < -0.4 is 10.7 Å². The molecule has 0 aliphatic rings. The van der Waals surface area contributed by atoms with Crippen LogP contribution in [0.25, 0.3) is 0 Å². The second-order valence-electron chi connectivity index (χ2n) is 4.30. The first-order valence-corrected chi connectivity index (χ1v) is 6.33. The summed E-state index contributed by atoms with van der Waals surface area (Å²) in [5.41, 5.74) is 2.11. The van der Waals surface area contributed by atoms with Gasteiger partial charge >= 0.3 is 11.8 Å². The molecule has 1 rings (SSSR count). The minimum Gasteiger partial charge on any atom is -0.345 e. The van der Waals surface area contributed by atoms with Crippen molar-refractivity contribution in [3.05, 3.63) is 39.9 Å². The van der Waals surface area contributed by atoms with E-state index in [9.17, 15) is 19.7 Å². The van der Waals surface area contributed by atoms with E-state index >= 15 is 0 Å². The average Bonchev–Trinajstić information content (AvgIpc) is 2.47. The minimum absolute atomic E-state index is 0.123. The van der Waals surface area contributed by atoms with E-state index in [4.69, 9.17) is 0 Å². The monoisotopic (exact) mass is 292 g/mol. The van der Waals surface area contributed by atoms with Gasteiger partial charge in [-0.25, -0.2) is 5.43 Å². The molecule has 0 saturated carbocycles. The molecule has 112 valence electrons. The number of para-hydroxylation sites is 1. The summed E-state index contributed by atoms with van der Waals surface area (Å²) in [5, 5.41) is 16.8. The molecule has 8 heteroatoms. The standard InChI is InChI=1S/C13H16N4O4/c1-3-9(2)15-12(18)13(19)16-14-8-10-6-4-5-7-11(10)17(20)21/h4-9H,3H2,1-2H3,(H,15,18)(H,16,19)/b14-8-/t9-/m1/s1. The second kappa shape index (κ2) is 7.73. The summed E-state index contributed by atoms with van der Waals surface area (Å²) in [4.78, 5) is 33.1. The topological polar surface area (TPSA) is 114 Å². The molecule has 2 N–H and O–H groups in total. The number of rotatable bonds is 5. The number of nitro groups is 1. The highest BCUT2D eigenvalue weighted by Crippen LogP contribution is 2.14. The largest absolute Gasteiger partial charge is 0.345 e. The summed E-state index contributed by atoms with van der Waals surface area (Å²) in [6, 6.07) is 5.80.